The highest BCUT2D eigenvalue weighted by Crippen LogP contribution is 2.25. The van der Waals surface area contributed by atoms with Gasteiger partial charge in [0, 0.05) is 29.8 Å². The maximum absolute atomic E-state index is 14.6. The molecule has 2 aliphatic rings. The monoisotopic (exact) mass is 503 g/mol. The first-order valence-corrected chi connectivity index (χ1v) is 11.3. The molecule has 3 amide bonds. The standard InChI is InChI=1S/C24H23ClFN3O6/c25-16-4-1-15(2-5-16)3-8-21(31)29-13-18(30)12-23(29)35-24(33)27-20-7-6-17(11-19(20)26)28-9-10-34-14-22(28)32/h1-8,11,18,23,30H,9-10,12-14H2,(H,27,33)/t18-,23-/m1/s1. The summed E-state index contributed by atoms with van der Waals surface area (Å²) in [5, 5.41) is 12.9. The zero-order valence-electron chi connectivity index (χ0n) is 18.5. The van der Waals surface area contributed by atoms with Crippen molar-refractivity contribution in [2.45, 2.75) is 18.8 Å². The van der Waals surface area contributed by atoms with E-state index in [1.54, 1.807) is 30.3 Å². The molecule has 11 heteroatoms. The molecule has 0 spiro atoms. The number of nitrogens with zero attached hydrogens (tertiary/aromatic N) is 2. The first-order chi connectivity index (χ1) is 16.8. The zero-order chi connectivity index (χ0) is 24.9. The highest BCUT2D eigenvalue weighted by molar-refractivity contribution is 6.30. The van der Waals surface area contributed by atoms with E-state index < -0.39 is 30.1 Å². The van der Waals surface area contributed by atoms with Crippen LogP contribution in [0.5, 0.6) is 0 Å². The molecule has 2 aromatic rings. The number of β-amino-alcohol motifs (C(OH)–C–C–N with tert-alkyl or cyclic N) is 1. The average molecular weight is 504 g/mol. The topological polar surface area (TPSA) is 108 Å². The lowest BCUT2D eigenvalue weighted by molar-refractivity contribution is -0.132. The van der Waals surface area contributed by atoms with Crippen molar-refractivity contribution in [3.63, 3.8) is 0 Å². The highest BCUT2D eigenvalue weighted by atomic mass is 35.5. The smallest absolute Gasteiger partial charge is 0.413 e. The fourth-order valence-corrected chi connectivity index (χ4v) is 3.91. The molecule has 2 aliphatic heterocycles. The number of likely N-dealkylation sites (tertiary alicyclic amines) is 1. The summed E-state index contributed by atoms with van der Waals surface area (Å²) in [6.07, 6.45) is 0.0209. The maximum atomic E-state index is 14.6. The predicted octanol–water partition coefficient (Wildman–Crippen LogP) is 3.02. The van der Waals surface area contributed by atoms with Gasteiger partial charge in [0.25, 0.3) is 5.91 Å². The van der Waals surface area contributed by atoms with Crippen molar-refractivity contribution in [2.75, 3.05) is 36.5 Å². The van der Waals surface area contributed by atoms with Crippen LogP contribution in [-0.2, 0) is 19.1 Å². The molecule has 0 bridgehead atoms. The van der Waals surface area contributed by atoms with Gasteiger partial charge in [0.1, 0.15) is 12.4 Å². The van der Waals surface area contributed by atoms with Crippen LogP contribution in [0.1, 0.15) is 12.0 Å². The molecule has 4 rings (SSSR count). The van der Waals surface area contributed by atoms with E-state index in [4.69, 9.17) is 21.1 Å². The summed E-state index contributed by atoms with van der Waals surface area (Å²) in [7, 11) is 0. The summed E-state index contributed by atoms with van der Waals surface area (Å²) in [6.45, 7) is 0.550. The van der Waals surface area contributed by atoms with Gasteiger partial charge in [-0.25, -0.2) is 9.18 Å². The summed E-state index contributed by atoms with van der Waals surface area (Å²) in [4.78, 5) is 39.6. The van der Waals surface area contributed by atoms with Crippen molar-refractivity contribution < 1.29 is 33.4 Å². The molecule has 0 aromatic heterocycles. The number of ether oxygens (including phenoxy) is 2. The van der Waals surface area contributed by atoms with Crippen LogP contribution in [-0.4, -0.2) is 66.5 Å². The van der Waals surface area contributed by atoms with E-state index in [1.807, 2.05) is 0 Å². The van der Waals surface area contributed by atoms with Gasteiger partial charge in [0.05, 0.1) is 24.9 Å². The van der Waals surface area contributed by atoms with Gasteiger partial charge in [-0.05, 0) is 42.0 Å². The van der Waals surface area contributed by atoms with Crippen molar-refractivity contribution in [2.24, 2.45) is 0 Å². The molecule has 0 aliphatic carbocycles. The molecule has 2 saturated heterocycles. The number of aliphatic hydroxyl groups excluding tert-OH is 1. The van der Waals surface area contributed by atoms with Crippen molar-refractivity contribution in [3.05, 3.63) is 64.9 Å². The second-order valence-corrected chi connectivity index (χ2v) is 8.45. The van der Waals surface area contributed by atoms with Crippen LogP contribution in [0.25, 0.3) is 6.08 Å². The SMILES string of the molecule is O=C(Nc1ccc(N2CCOCC2=O)cc1F)O[C@@H]1C[C@@H](O)CN1C(=O)C=Cc1ccc(Cl)cc1. The zero-order valence-corrected chi connectivity index (χ0v) is 19.3. The molecule has 2 atom stereocenters. The fraction of sp³-hybridized carbons (Fsp3) is 0.292. The van der Waals surface area contributed by atoms with E-state index in [-0.39, 0.29) is 31.2 Å². The van der Waals surface area contributed by atoms with Crippen molar-refractivity contribution in [1.82, 2.24) is 4.90 Å². The summed E-state index contributed by atoms with van der Waals surface area (Å²) in [6, 6.07) is 10.8. The quantitative estimate of drug-likeness (QED) is 0.607. The number of carbonyl (C=O) groups is 3. The number of anilines is 2. The number of aliphatic hydroxyl groups is 1. The lowest BCUT2D eigenvalue weighted by Gasteiger charge is -2.27. The van der Waals surface area contributed by atoms with Gasteiger partial charge in [-0.15, -0.1) is 0 Å². The van der Waals surface area contributed by atoms with Gasteiger partial charge in [-0.2, -0.15) is 0 Å². The minimum Gasteiger partial charge on any atom is -0.425 e. The van der Waals surface area contributed by atoms with Gasteiger partial charge in [0.15, 0.2) is 6.23 Å². The normalized spacial score (nSPS) is 20.4. The molecule has 9 nitrogen and oxygen atoms in total. The Hall–Kier alpha value is -3.47. The van der Waals surface area contributed by atoms with Gasteiger partial charge in [-0.3, -0.25) is 14.9 Å². The Morgan fingerprint density at radius 2 is 2.00 bits per heavy atom. The Morgan fingerprint density at radius 1 is 1.23 bits per heavy atom. The largest absolute Gasteiger partial charge is 0.425 e. The number of nitrogens with one attached hydrogen (secondary N) is 1. The van der Waals surface area contributed by atoms with Gasteiger partial charge >= 0.3 is 6.09 Å². The maximum Gasteiger partial charge on any atom is 0.413 e. The van der Waals surface area contributed by atoms with E-state index in [0.29, 0.717) is 23.9 Å². The van der Waals surface area contributed by atoms with Crippen LogP contribution in [0, 0.1) is 5.82 Å². The van der Waals surface area contributed by atoms with E-state index in [0.717, 1.165) is 11.6 Å². The fourth-order valence-electron chi connectivity index (χ4n) is 3.79. The minimum atomic E-state index is -1.03. The van der Waals surface area contributed by atoms with Crippen LogP contribution in [0.15, 0.2) is 48.5 Å². The molecule has 2 N–H and O–H groups in total. The molecule has 0 unspecified atom stereocenters. The second kappa shape index (κ2) is 10.9. The Labute approximate surface area is 205 Å². The number of halogens is 2. The van der Waals surface area contributed by atoms with Crippen molar-refractivity contribution in [1.29, 1.82) is 0 Å². The summed E-state index contributed by atoms with van der Waals surface area (Å²) in [5.41, 5.74) is 0.937. The predicted molar refractivity (Wildman–Crippen MR) is 126 cm³/mol. The Morgan fingerprint density at radius 3 is 2.71 bits per heavy atom. The van der Waals surface area contributed by atoms with Crippen molar-refractivity contribution >= 4 is 47.0 Å². The van der Waals surface area contributed by atoms with E-state index >= 15 is 0 Å². The number of hydrogen-bond donors (Lipinski definition) is 2. The van der Waals surface area contributed by atoms with E-state index in [9.17, 15) is 23.9 Å². The van der Waals surface area contributed by atoms with Gasteiger partial charge < -0.3 is 24.4 Å². The molecule has 184 valence electrons. The van der Waals surface area contributed by atoms with Gasteiger partial charge in [-0.1, -0.05) is 23.7 Å². The van der Waals surface area contributed by atoms with E-state index in [1.165, 1.54) is 28.0 Å². The van der Waals surface area contributed by atoms with Crippen molar-refractivity contribution in [3.8, 4) is 0 Å². The molecular formula is C24H23ClFN3O6. The molecule has 2 fully saturated rings. The number of rotatable bonds is 5. The van der Waals surface area contributed by atoms with Crippen LogP contribution in [0.3, 0.4) is 0 Å². The lowest BCUT2D eigenvalue weighted by Crippen LogP contribution is -2.41. The summed E-state index contributed by atoms with van der Waals surface area (Å²) >= 11 is 5.85. The minimum absolute atomic E-state index is 0.0155. The van der Waals surface area contributed by atoms with E-state index in [2.05, 4.69) is 5.32 Å². The van der Waals surface area contributed by atoms with Crippen LogP contribution >= 0.6 is 11.6 Å². The molecule has 35 heavy (non-hydrogen) atoms. The molecule has 2 aromatic carbocycles. The number of carbonyl (C=O) groups excluding carboxylic acids is 3. The third kappa shape index (κ3) is 6.16. The first-order valence-electron chi connectivity index (χ1n) is 10.9. The Kier molecular flexibility index (Phi) is 7.64. The third-order valence-electron chi connectivity index (χ3n) is 5.53. The Balaban J connectivity index is 1.37. The lowest BCUT2D eigenvalue weighted by atomic mass is 10.2. The molecular weight excluding hydrogens is 481 g/mol. The summed E-state index contributed by atoms with van der Waals surface area (Å²) in [5.74, 6) is -1.51. The highest BCUT2D eigenvalue weighted by Gasteiger charge is 2.36. The number of benzene rings is 2. The second-order valence-electron chi connectivity index (χ2n) is 8.01. The first kappa shape index (κ1) is 24.6. The molecule has 2 heterocycles. The van der Waals surface area contributed by atoms with Crippen LogP contribution < -0.4 is 10.2 Å². The number of amides is 3. The summed E-state index contributed by atoms with van der Waals surface area (Å²) < 4.78 is 25.0. The number of hydrogen-bond acceptors (Lipinski definition) is 6. The Bertz CT molecular complexity index is 1140. The molecule has 0 radical (unpaired) electrons. The molecule has 0 saturated carbocycles. The third-order valence-corrected chi connectivity index (χ3v) is 5.78. The van der Waals surface area contributed by atoms with Gasteiger partial charge in [0.2, 0.25) is 5.91 Å². The van der Waals surface area contributed by atoms with Crippen LogP contribution in [0.2, 0.25) is 5.02 Å². The number of morpholine rings is 1. The average Bonchev–Trinajstić information content (AvgIpc) is 3.20. The van der Waals surface area contributed by atoms with Crippen LogP contribution in [0.4, 0.5) is 20.6 Å².